The Morgan fingerprint density at radius 2 is 2.00 bits per heavy atom. The molecular weight excluding hydrogens is 359 g/mol. The highest BCUT2D eigenvalue weighted by Crippen LogP contribution is 2.33. The lowest BCUT2D eigenvalue weighted by atomic mass is 10.3. The lowest BCUT2D eigenvalue weighted by Gasteiger charge is -2.18. The van der Waals surface area contributed by atoms with Crippen LogP contribution in [0.1, 0.15) is 34.9 Å². The van der Waals surface area contributed by atoms with E-state index in [0.717, 1.165) is 30.7 Å². The van der Waals surface area contributed by atoms with Gasteiger partial charge in [0, 0.05) is 19.2 Å². The number of rotatable bonds is 5. The Bertz CT molecular complexity index is 773. The quantitative estimate of drug-likeness (QED) is 0.588. The van der Waals surface area contributed by atoms with Crippen LogP contribution in [-0.4, -0.2) is 29.0 Å². The number of carbonyl (C=O) groups is 1. The number of aromatic carboxylic acids is 1. The molecule has 2 aromatic rings. The van der Waals surface area contributed by atoms with E-state index in [4.69, 9.17) is 4.42 Å². The zero-order valence-corrected chi connectivity index (χ0v) is 13.7. The molecule has 25 heavy (non-hydrogen) atoms. The summed E-state index contributed by atoms with van der Waals surface area (Å²) in [6, 6.07) is 3.61. The first kappa shape index (κ1) is 17.6. The average Bonchev–Trinajstić information content (AvgIpc) is 3.23. The topological polar surface area (TPSA) is 82.3 Å². The Morgan fingerprint density at radius 3 is 2.60 bits per heavy atom. The number of anilines is 1. The Hall–Kier alpha value is -2.23. The Labute approximate surface area is 145 Å². The standard InChI is InChI=1S/C15H14F3N3O3S/c16-15(17,18)11-7-12(21-5-1-2-6-21)20-14(19-11)25-8-9-3-4-10(24-9)13(22)23/h3-4,7H,1-2,5-6,8H2,(H,22,23)/p-1. The summed E-state index contributed by atoms with van der Waals surface area (Å²) in [4.78, 5) is 20.2. The summed E-state index contributed by atoms with van der Waals surface area (Å²) in [6.45, 7) is 1.32. The number of thioether (sulfide) groups is 1. The summed E-state index contributed by atoms with van der Waals surface area (Å²) in [5, 5.41) is 10.6. The third-order valence-electron chi connectivity index (χ3n) is 3.62. The first-order valence-electron chi connectivity index (χ1n) is 7.47. The van der Waals surface area contributed by atoms with Crippen molar-refractivity contribution in [3.05, 3.63) is 35.4 Å². The van der Waals surface area contributed by atoms with E-state index in [1.807, 2.05) is 0 Å². The minimum absolute atomic E-state index is 0.0388. The molecule has 1 fully saturated rings. The molecule has 1 saturated heterocycles. The van der Waals surface area contributed by atoms with Gasteiger partial charge in [0.05, 0.1) is 5.75 Å². The number of carboxylic acid groups (broad SMARTS) is 1. The van der Waals surface area contributed by atoms with Gasteiger partial charge in [0.1, 0.15) is 23.3 Å². The fraction of sp³-hybridized carbons (Fsp3) is 0.400. The van der Waals surface area contributed by atoms with Crippen LogP contribution in [-0.2, 0) is 11.9 Å². The van der Waals surface area contributed by atoms with Crippen molar-refractivity contribution in [1.82, 2.24) is 9.97 Å². The molecule has 1 aliphatic heterocycles. The molecule has 0 aliphatic carbocycles. The molecule has 0 aromatic carbocycles. The normalized spacial score (nSPS) is 14.9. The highest BCUT2D eigenvalue weighted by atomic mass is 32.2. The summed E-state index contributed by atoms with van der Waals surface area (Å²) in [6.07, 6.45) is -2.75. The Balaban J connectivity index is 1.81. The lowest BCUT2D eigenvalue weighted by Crippen LogP contribution is -2.21. The van der Waals surface area contributed by atoms with Crippen molar-refractivity contribution in [3.63, 3.8) is 0 Å². The van der Waals surface area contributed by atoms with Crippen LogP contribution in [0.25, 0.3) is 0 Å². The van der Waals surface area contributed by atoms with E-state index < -0.39 is 17.8 Å². The molecule has 0 atom stereocenters. The first-order valence-corrected chi connectivity index (χ1v) is 8.45. The number of hydrogen-bond acceptors (Lipinski definition) is 7. The van der Waals surface area contributed by atoms with Crippen LogP contribution < -0.4 is 10.0 Å². The smallest absolute Gasteiger partial charge is 0.433 e. The second kappa shape index (κ2) is 6.95. The van der Waals surface area contributed by atoms with Crippen molar-refractivity contribution in [3.8, 4) is 0 Å². The van der Waals surface area contributed by atoms with Crippen molar-refractivity contribution in [2.45, 2.75) is 29.9 Å². The fourth-order valence-electron chi connectivity index (χ4n) is 2.43. The highest BCUT2D eigenvalue weighted by Gasteiger charge is 2.34. The van der Waals surface area contributed by atoms with Crippen molar-refractivity contribution in [2.75, 3.05) is 18.0 Å². The molecule has 0 bridgehead atoms. The van der Waals surface area contributed by atoms with Gasteiger partial charge in [-0.25, -0.2) is 9.97 Å². The van der Waals surface area contributed by atoms with E-state index in [1.165, 1.54) is 12.1 Å². The minimum atomic E-state index is -4.57. The average molecular weight is 372 g/mol. The molecule has 2 aromatic heterocycles. The molecule has 3 rings (SSSR count). The molecule has 134 valence electrons. The van der Waals surface area contributed by atoms with E-state index in [1.54, 1.807) is 4.90 Å². The van der Waals surface area contributed by atoms with E-state index in [9.17, 15) is 23.1 Å². The largest absolute Gasteiger partial charge is 0.542 e. The molecule has 10 heteroatoms. The van der Waals surface area contributed by atoms with Gasteiger partial charge >= 0.3 is 6.18 Å². The van der Waals surface area contributed by atoms with Gasteiger partial charge in [-0.2, -0.15) is 13.2 Å². The monoisotopic (exact) mass is 372 g/mol. The molecule has 0 spiro atoms. The molecular formula is C15H13F3N3O3S-. The lowest BCUT2D eigenvalue weighted by molar-refractivity contribution is -0.257. The van der Waals surface area contributed by atoms with E-state index in [0.29, 0.717) is 13.1 Å². The number of furan rings is 1. The van der Waals surface area contributed by atoms with Crippen LogP contribution in [0.5, 0.6) is 0 Å². The van der Waals surface area contributed by atoms with Crippen LogP contribution in [0.15, 0.2) is 27.8 Å². The van der Waals surface area contributed by atoms with Crippen LogP contribution in [0.4, 0.5) is 19.0 Å². The van der Waals surface area contributed by atoms with Gasteiger partial charge < -0.3 is 19.2 Å². The van der Waals surface area contributed by atoms with Gasteiger partial charge in [0.15, 0.2) is 10.9 Å². The van der Waals surface area contributed by atoms with Gasteiger partial charge in [-0.1, -0.05) is 11.8 Å². The minimum Gasteiger partial charge on any atom is -0.542 e. The van der Waals surface area contributed by atoms with Crippen molar-refractivity contribution in [2.24, 2.45) is 0 Å². The summed E-state index contributed by atoms with van der Waals surface area (Å²) in [7, 11) is 0. The molecule has 3 heterocycles. The number of halogens is 3. The van der Waals surface area contributed by atoms with Crippen LogP contribution in [0.2, 0.25) is 0 Å². The van der Waals surface area contributed by atoms with E-state index >= 15 is 0 Å². The predicted molar refractivity (Wildman–Crippen MR) is 81.1 cm³/mol. The maximum atomic E-state index is 13.1. The number of aromatic nitrogens is 2. The number of hydrogen-bond donors (Lipinski definition) is 0. The van der Waals surface area contributed by atoms with Crippen LogP contribution in [0, 0.1) is 0 Å². The second-order valence-electron chi connectivity index (χ2n) is 5.43. The molecule has 0 amide bonds. The van der Waals surface area contributed by atoms with Crippen molar-refractivity contribution < 1.29 is 27.5 Å². The third kappa shape index (κ3) is 4.25. The fourth-order valence-corrected chi connectivity index (χ4v) is 3.18. The Kier molecular flexibility index (Phi) is 4.89. The van der Waals surface area contributed by atoms with Crippen molar-refractivity contribution in [1.29, 1.82) is 0 Å². The number of nitrogens with zero attached hydrogens (tertiary/aromatic N) is 3. The predicted octanol–water partition coefficient (Wildman–Crippen LogP) is 2.34. The maximum Gasteiger partial charge on any atom is 0.433 e. The first-order chi connectivity index (χ1) is 11.8. The van der Waals surface area contributed by atoms with E-state index in [2.05, 4.69) is 9.97 Å². The second-order valence-corrected chi connectivity index (χ2v) is 6.37. The summed E-state index contributed by atoms with van der Waals surface area (Å²) >= 11 is 0.946. The molecule has 0 N–H and O–H groups in total. The number of alkyl halides is 3. The molecule has 0 unspecified atom stereocenters. The van der Waals surface area contributed by atoms with E-state index in [-0.39, 0.29) is 28.2 Å². The molecule has 1 aliphatic rings. The zero-order chi connectivity index (χ0) is 18.0. The molecule has 6 nitrogen and oxygen atoms in total. The highest BCUT2D eigenvalue weighted by molar-refractivity contribution is 7.98. The number of carbonyl (C=O) groups excluding carboxylic acids is 1. The number of carboxylic acids is 1. The van der Waals surface area contributed by atoms with Crippen LogP contribution >= 0.6 is 11.8 Å². The SMILES string of the molecule is O=C([O-])c1ccc(CSc2nc(N3CCCC3)cc(C(F)(F)F)n2)o1. The Morgan fingerprint density at radius 1 is 1.28 bits per heavy atom. The summed E-state index contributed by atoms with van der Waals surface area (Å²) in [5.41, 5.74) is -0.998. The van der Waals surface area contributed by atoms with Gasteiger partial charge in [-0.05, 0) is 25.0 Å². The van der Waals surface area contributed by atoms with Gasteiger partial charge in [-0.3, -0.25) is 0 Å². The van der Waals surface area contributed by atoms with Gasteiger partial charge in [-0.15, -0.1) is 0 Å². The van der Waals surface area contributed by atoms with Gasteiger partial charge in [0.25, 0.3) is 0 Å². The van der Waals surface area contributed by atoms with Crippen molar-refractivity contribution >= 4 is 23.5 Å². The maximum absolute atomic E-state index is 13.1. The molecule has 0 radical (unpaired) electrons. The summed E-state index contributed by atoms with van der Waals surface area (Å²) < 4.78 is 44.3. The third-order valence-corrected chi connectivity index (χ3v) is 4.49. The molecule has 0 saturated carbocycles. The van der Waals surface area contributed by atoms with Gasteiger partial charge in [0.2, 0.25) is 0 Å². The summed E-state index contributed by atoms with van der Waals surface area (Å²) in [5.74, 6) is -1.15. The van der Waals surface area contributed by atoms with Crippen LogP contribution in [0.3, 0.4) is 0 Å². The zero-order valence-electron chi connectivity index (χ0n) is 12.9.